The van der Waals surface area contributed by atoms with E-state index in [0.29, 0.717) is 36.8 Å². The maximum absolute atomic E-state index is 12.3. The van der Waals surface area contributed by atoms with Crippen molar-refractivity contribution < 1.29 is 14.3 Å². The number of rotatable bonds is 5. The van der Waals surface area contributed by atoms with Crippen LogP contribution in [0.3, 0.4) is 0 Å². The molecule has 5 nitrogen and oxygen atoms in total. The third kappa shape index (κ3) is 5.97. The fourth-order valence-electron chi connectivity index (χ4n) is 2.89. The highest BCUT2D eigenvalue weighted by Gasteiger charge is 2.25. The van der Waals surface area contributed by atoms with E-state index in [0.717, 1.165) is 17.3 Å². The van der Waals surface area contributed by atoms with Gasteiger partial charge in [0.1, 0.15) is 12.4 Å². The summed E-state index contributed by atoms with van der Waals surface area (Å²) in [6.45, 7) is 0.226. The van der Waals surface area contributed by atoms with Crippen LogP contribution < -0.4 is 10.1 Å². The maximum atomic E-state index is 12.3. The molecule has 1 saturated heterocycles. The molecule has 0 spiro atoms. The Morgan fingerprint density at radius 1 is 1.00 bits per heavy atom. The molecule has 4 rings (SSSR count). The van der Waals surface area contributed by atoms with Gasteiger partial charge in [-0.2, -0.15) is 4.99 Å². The minimum atomic E-state index is -0.426. The number of aliphatic imine (C=N–C) groups is 1. The highest BCUT2D eigenvalue weighted by atomic mass is 35.5. The summed E-state index contributed by atoms with van der Waals surface area (Å²) in [4.78, 5) is 28.9. The SMILES string of the molecule is O=C1NC(=NC(=O)c2ccccc2)S/C1=C\c1ccc(OCc2ccc(Cl)cc2Cl)c(Cl)c1. The smallest absolute Gasteiger partial charge is 0.279 e. The Labute approximate surface area is 209 Å². The summed E-state index contributed by atoms with van der Waals surface area (Å²) >= 11 is 19.5. The highest BCUT2D eigenvalue weighted by molar-refractivity contribution is 8.18. The summed E-state index contributed by atoms with van der Waals surface area (Å²) in [5.41, 5.74) is 1.92. The molecule has 166 valence electrons. The fourth-order valence-corrected chi connectivity index (χ4v) is 4.41. The molecule has 1 aliphatic heterocycles. The first kappa shape index (κ1) is 23.4. The van der Waals surface area contributed by atoms with E-state index in [-0.39, 0.29) is 17.7 Å². The van der Waals surface area contributed by atoms with E-state index in [2.05, 4.69) is 10.3 Å². The van der Waals surface area contributed by atoms with Crippen molar-refractivity contribution in [1.29, 1.82) is 0 Å². The number of amidine groups is 1. The van der Waals surface area contributed by atoms with Crippen molar-refractivity contribution in [3.8, 4) is 5.75 Å². The minimum Gasteiger partial charge on any atom is -0.487 e. The Bertz CT molecular complexity index is 1290. The number of nitrogens with one attached hydrogen (secondary N) is 1. The summed E-state index contributed by atoms with van der Waals surface area (Å²) in [6, 6.07) is 19.0. The van der Waals surface area contributed by atoms with Gasteiger partial charge >= 0.3 is 0 Å². The summed E-state index contributed by atoms with van der Waals surface area (Å²) in [5, 5.41) is 4.27. The van der Waals surface area contributed by atoms with Crippen molar-refractivity contribution in [3.05, 3.63) is 103 Å². The first-order chi connectivity index (χ1) is 15.9. The second kappa shape index (κ2) is 10.4. The average molecular weight is 518 g/mol. The Hall–Kier alpha value is -2.77. The molecular weight excluding hydrogens is 503 g/mol. The second-order valence-corrected chi connectivity index (χ2v) is 9.15. The number of hydrogen-bond acceptors (Lipinski definition) is 4. The van der Waals surface area contributed by atoms with Crippen LogP contribution >= 0.6 is 46.6 Å². The standard InChI is InChI=1S/C24H15Cl3N2O3S/c25-17-8-7-16(18(26)12-17)13-32-20-9-6-14(10-19(20)27)11-21-23(31)29-24(33-21)28-22(30)15-4-2-1-3-5-15/h1-12H,13H2,(H,28,29,30,31)/b21-11-. The van der Waals surface area contributed by atoms with E-state index in [1.165, 1.54) is 0 Å². The van der Waals surface area contributed by atoms with Crippen LogP contribution in [0.15, 0.2) is 76.6 Å². The van der Waals surface area contributed by atoms with Crippen LogP contribution in [0.5, 0.6) is 5.75 Å². The van der Waals surface area contributed by atoms with Crippen molar-refractivity contribution in [1.82, 2.24) is 5.32 Å². The lowest BCUT2D eigenvalue weighted by atomic mass is 10.2. The molecule has 0 bridgehead atoms. The van der Waals surface area contributed by atoms with Gasteiger partial charge in [0.15, 0.2) is 5.17 Å². The first-order valence-electron chi connectivity index (χ1n) is 9.64. The van der Waals surface area contributed by atoms with Gasteiger partial charge in [0.2, 0.25) is 0 Å². The van der Waals surface area contributed by atoms with Gasteiger partial charge in [-0.3, -0.25) is 9.59 Å². The lowest BCUT2D eigenvalue weighted by Gasteiger charge is -2.10. The molecule has 2 amide bonds. The molecule has 1 fully saturated rings. The number of amides is 2. The second-order valence-electron chi connectivity index (χ2n) is 6.87. The molecule has 0 unspecified atom stereocenters. The van der Waals surface area contributed by atoms with Gasteiger partial charge in [0.25, 0.3) is 11.8 Å². The van der Waals surface area contributed by atoms with Crippen LogP contribution in [-0.2, 0) is 11.4 Å². The molecule has 0 radical (unpaired) electrons. The van der Waals surface area contributed by atoms with Crippen LogP contribution in [0.1, 0.15) is 21.5 Å². The largest absolute Gasteiger partial charge is 0.487 e. The zero-order chi connectivity index (χ0) is 23.4. The summed E-state index contributed by atoms with van der Waals surface area (Å²) in [7, 11) is 0. The maximum Gasteiger partial charge on any atom is 0.279 e. The zero-order valence-electron chi connectivity index (χ0n) is 16.8. The predicted molar refractivity (Wildman–Crippen MR) is 134 cm³/mol. The van der Waals surface area contributed by atoms with Gasteiger partial charge < -0.3 is 10.1 Å². The highest BCUT2D eigenvalue weighted by Crippen LogP contribution is 2.31. The fraction of sp³-hybridized carbons (Fsp3) is 0.0417. The number of halogens is 3. The number of carbonyl (C=O) groups is 2. The molecule has 9 heteroatoms. The summed E-state index contributed by atoms with van der Waals surface area (Å²) < 4.78 is 5.77. The van der Waals surface area contributed by atoms with Crippen molar-refractivity contribution in [2.75, 3.05) is 0 Å². The van der Waals surface area contributed by atoms with E-state index < -0.39 is 5.91 Å². The van der Waals surface area contributed by atoms with Crippen molar-refractivity contribution in [3.63, 3.8) is 0 Å². The van der Waals surface area contributed by atoms with Gasteiger partial charge in [-0.15, -0.1) is 0 Å². The van der Waals surface area contributed by atoms with Crippen molar-refractivity contribution >= 4 is 69.6 Å². The van der Waals surface area contributed by atoms with Crippen LogP contribution in [0.25, 0.3) is 6.08 Å². The summed E-state index contributed by atoms with van der Waals surface area (Å²) in [6.07, 6.45) is 1.67. The molecule has 0 saturated carbocycles. The number of carbonyl (C=O) groups excluding carboxylic acids is 2. The first-order valence-corrected chi connectivity index (χ1v) is 11.6. The Kier molecular flexibility index (Phi) is 7.40. The lowest BCUT2D eigenvalue weighted by Crippen LogP contribution is -2.20. The molecule has 3 aromatic carbocycles. The lowest BCUT2D eigenvalue weighted by molar-refractivity contribution is -0.115. The molecule has 0 aliphatic carbocycles. The van der Waals surface area contributed by atoms with Gasteiger partial charge in [-0.1, -0.05) is 65.1 Å². The third-order valence-electron chi connectivity index (χ3n) is 4.53. The Morgan fingerprint density at radius 2 is 1.79 bits per heavy atom. The minimum absolute atomic E-state index is 0.226. The van der Waals surface area contributed by atoms with E-state index in [4.69, 9.17) is 39.5 Å². The van der Waals surface area contributed by atoms with E-state index in [9.17, 15) is 9.59 Å². The number of hydrogen-bond donors (Lipinski definition) is 1. The molecule has 0 atom stereocenters. The topological polar surface area (TPSA) is 67.8 Å². The van der Waals surface area contributed by atoms with Crippen LogP contribution in [0.2, 0.25) is 15.1 Å². The number of ether oxygens (including phenoxy) is 1. The van der Waals surface area contributed by atoms with Gasteiger partial charge in [-0.25, -0.2) is 0 Å². The molecule has 1 heterocycles. The zero-order valence-corrected chi connectivity index (χ0v) is 19.9. The molecule has 33 heavy (non-hydrogen) atoms. The third-order valence-corrected chi connectivity index (χ3v) is 6.32. The predicted octanol–water partition coefficient (Wildman–Crippen LogP) is 6.63. The van der Waals surface area contributed by atoms with Gasteiger partial charge in [0, 0.05) is 21.2 Å². The molecule has 1 N–H and O–H groups in total. The van der Waals surface area contributed by atoms with Crippen molar-refractivity contribution in [2.45, 2.75) is 6.61 Å². The number of nitrogens with zero attached hydrogens (tertiary/aromatic N) is 1. The van der Waals surface area contributed by atoms with Crippen LogP contribution in [0.4, 0.5) is 0 Å². The van der Waals surface area contributed by atoms with E-state index in [1.807, 2.05) is 6.07 Å². The molecule has 3 aromatic rings. The Morgan fingerprint density at radius 3 is 2.52 bits per heavy atom. The monoisotopic (exact) mass is 516 g/mol. The van der Waals surface area contributed by atoms with E-state index in [1.54, 1.807) is 66.7 Å². The van der Waals surface area contributed by atoms with Crippen LogP contribution in [-0.4, -0.2) is 17.0 Å². The van der Waals surface area contributed by atoms with Gasteiger partial charge in [0.05, 0.1) is 9.93 Å². The molecule has 1 aliphatic rings. The normalized spacial score (nSPS) is 15.7. The Balaban J connectivity index is 1.44. The van der Waals surface area contributed by atoms with Crippen molar-refractivity contribution in [2.24, 2.45) is 4.99 Å². The quantitative estimate of drug-likeness (QED) is 0.386. The van der Waals surface area contributed by atoms with Gasteiger partial charge in [-0.05, 0) is 59.8 Å². The molecular formula is C24H15Cl3N2O3S. The molecule has 0 aromatic heterocycles. The van der Waals surface area contributed by atoms with E-state index >= 15 is 0 Å². The number of benzene rings is 3. The van der Waals surface area contributed by atoms with Crippen LogP contribution in [0, 0.1) is 0 Å². The number of thioether (sulfide) groups is 1. The summed E-state index contributed by atoms with van der Waals surface area (Å²) in [5.74, 6) is -0.289. The average Bonchev–Trinajstić information content (AvgIpc) is 3.13.